The first-order valence-electron chi connectivity index (χ1n) is 8.26. The van der Waals surface area contributed by atoms with Crippen LogP contribution in [0.4, 0.5) is 5.69 Å². The number of hydrogen-bond donors (Lipinski definition) is 2. The van der Waals surface area contributed by atoms with Crippen molar-refractivity contribution in [2.45, 2.75) is 12.8 Å². The molecule has 0 spiro atoms. The molecule has 2 N–H and O–H groups in total. The van der Waals surface area contributed by atoms with E-state index in [9.17, 15) is 9.59 Å². The Morgan fingerprint density at radius 3 is 2.42 bits per heavy atom. The van der Waals surface area contributed by atoms with Gasteiger partial charge in [-0.2, -0.15) is 5.10 Å². The van der Waals surface area contributed by atoms with Gasteiger partial charge in [-0.3, -0.25) is 9.59 Å². The highest BCUT2D eigenvalue weighted by molar-refractivity contribution is 5.94. The minimum Gasteiger partial charge on any atom is -0.347 e. The van der Waals surface area contributed by atoms with E-state index in [-0.39, 0.29) is 18.4 Å². The summed E-state index contributed by atoms with van der Waals surface area (Å²) in [5, 5.41) is 9.41. The van der Waals surface area contributed by atoms with E-state index >= 15 is 0 Å². The fourth-order valence-corrected chi connectivity index (χ4v) is 2.41. The summed E-state index contributed by atoms with van der Waals surface area (Å²) in [5.74, 6) is -0.419. The van der Waals surface area contributed by atoms with Gasteiger partial charge in [-0.1, -0.05) is 30.3 Å². The Bertz CT molecular complexity index is 845. The Morgan fingerprint density at radius 1 is 0.962 bits per heavy atom. The first-order valence-corrected chi connectivity index (χ1v) is 8.26. The second-order valence-corrected chi connectivity index (χ2v) is 5.70. The molecule has 2 amide bonds. The number of aryl methyl sites for hydroxylation is 1. The minimum atomic E-state index is -0.272. The lowest BCUT2D eigenvalue weighted by atomic mass is 10.1. The quantitative estimate of drug-likeness (QED) is 0.682. The third-order valence-electron chi connectivity index (χ3n) is 3.76. The van der Waals surface area contributed by atoms with Crippen LogP contribution in [-0.4, -0.2) is 33.1 Å². The van der Waals surface area contributed by atoms with Gasteiger partial charge < -0.3 is 10.6 Å². The van der Waals surface area contributed by atoms with Crippen molar-refractivity contribution in [3.8, 4) is 5.69 Å². The smallest absolute Gasteiger partial charge is 0.243 e. The molecular weight excluding hydrogens is 330 g/mol. The van der Waals surface area contributed by atoms with Crippen molar-refractivity contribution >= 4 is 17.5 Å². The van der Waals surface area contributed by atoms with Gasteiger partial charge in [0, 0.05) is 12.1 Å². The lowest BCUT2D eigenvalue weighted by Gasteiger charge is -2.08. The van der Waals surface area contributed by atoms with Crippen molar-refractivity contribution in [3.63, 3.8) is 0 Å². The lowest BCUT2D eigenvalue weighted by molar-refractivity contribution is -0.124. The van der Waals surface area contributed by atoms with Crippen LogP contribution in [0, 0.1) is 0 Å². The van der Waals surface area contributed by atoms with Crippen LogP contribution in [0.15, 0.2) is 67.3 Å². The van der Waals surface area contributed by atoms with Crippen molar-refractivity contribution < 1.29 is 9.59 Å². The summed E-state index contributed by atoms with van der Waals surface area (Å²) >= 11 is 0. The lowest BCUT2D eigenvalue weighted by Crippen LogP contribution is -2.32. The number of amides is 2. The van der Waals surface area contributed by atoms with E-state index in [1.807, 2.05) is 42.5 Å². The molecule has 0 aliphatic carbocycles. The van der Waals surface area contributed by atoms with Gasteiger partial charge in [-0.05, 0) is 36.2 Å². The van der Waals surface area contributed by atoms with Crippen molar-refractivity contribution in [1.29, 1.82) is 0 Å². The Morgan fingerprint density at radius 2 is 1.73 bits per heavy atom. The number of rotatable bonds is 7. The van der Waals surface area contributed by atoms with Crippen molar-refractivity contribution in [1.82, 2.24) is 20.1 Å². The molecule has 7 heteroatoms. The van der Waals surface area contributed by atoms with Gasteiger partial charge in [-0.15, -0.1) is 0 Å². The van der Waals surface area contributed by atoms with Crippen LogP contribution in [0.3, 0.4) is 0 Å². The first kappa shape index (κ1) is 17.3. The highest BCUT2D eigenvalue weighted by Crippen LogP contribution is 2.11. The van der Waals surface area contributed by atoms with E-state index in [4.69, 9.17) is 0 Å². The molecular formula is C19H19N5O2. The SMILES string of the molecule is O=C(CCc1ccccc1)NCC(=O)Nc1ccc(-n2cncn2)cc1. The van der Waals surface area contributed by atoms with E-state index in [0.29, 0.717) is 18.5 Å². The molecule has 0 unspecified atom stereocenters. The second kappa shape index (κ2) is 8.57. The molecule has 132 valence electrons. The van der Waals surface area contributed by atoms with Gasteiger partial charge in [0.1, 0.15) is 12.7 Å². The Balaban J connectivity index is 1.41. The Kier molecular flexibility index (Phi) is 5.72. The van der Waals surface area contributed by atoms with E-state index in [1.54, 1.807) is 23.1 Å². The number of aromatic nitrogens is 3. The summed E-state index contributed by atoms with van der Waals surface area (Å²) in [6.07, 6.45) is 4.05. The summed E-state index contributed by atoms with van der Waals surface area (Å²) in [6, 6.07) is 17.0. The highest BCUT2D eigenvalue weighted by atomic mass is 16.2. The van der Waals surface area contributed by atoms with E-state index < -0.39 is 0 Å². The van der Waals surface area contributed by atoms with Gasteiger partial charge >= 0.3 is 0 Å². The highest BCUT2D eigenvalue weighted by Gasteiger charge is 2.07. The molecule has 0 bridgehead atoms. The standard InChI is InChI=1S/C19H19N5O2/c25-18(11-6-15-4-2-1-3-5-15)21-12-19(26)23-16-7-9-17(10-8-16)24-14-20-13-22-24/h1-5,7-10,13-14H,6,11-12H2,(H,21,25)(H,23,26). The molecule has 2 aromatic carbocycles. The maximum Gasteiger partial charge on any atom is 0.243 e. The average molecular weight is 349 g/mol. The summed E-state index contributed by atoms with van der Waals surface area (Å²) < 4.78 is 1.62. The molecule has 0 fully saturated rings. The number of anilines is 1. The second-order valence-electron chi connectivity index (χ2n) is 5.70. The average Bonchev–Trinajstić information content (AvgIpc) is 3.21. The van der Waals surface area contributed by atoms with Crippen LogP contribution in [0.5, 0.6) is 0 Å². The number of carbonyl (C=O) groups is 2. The third-order valence-corrected chi connectivity index (χ3v) is 3.76. The predicted molar refractivity (Wildman–Crippen MR) is 97.8 cm³/mol. The number of benzene rings is 2. The normalized spacial score (nSPS) is 10.3. The summed E-state index contributed by atoms with van der Waals surface area (Å²) in [5.41, 5.74) is 2.59. The summed E-state index contributed by atoms with van der Waals surface area (Å²) in [7, 11) is 0. The van der Waals surface area contributed by atoms with Crippen LogP contribution in [-0.2, 0) is 16.0 Å². The maximum absolute atomic E-state index is 12.0. The van der Waals surface area contributed by atoms with Crippen LogP contribution >= 0.6 is 0 Å². The van der Waals surface area contributed by atoms with Crippen molar-refractivity contribution in [2.24, 2.45) is 0 Å². The Hall–Kier alpha value is -3.48. The van der Waals surface area contributed by atoms with E-state index in [2.05, 4.69) is 20.7 Å². The molecule has 0 saturated heterocycles. The monoisotopic (exact) mass is 349 g/mol. The van der Waals surface area contributed by atoms with Gasteiger partial charge in [0.05, 0.1) is 12.2 Å². The van der Waals surface area contributed by atoms with E-state index in [0.717, 1.165) is 11.3 Å². The summed E-state index contributed by atoms with van der Waals surface area (Å²) in [6.45, 7) is -0.0571. The van der Waals surface area contributed by atoms with Gasteiger partial charge in [0.2, 0.25) is 11.8 Å². The molecule has 3 aromatic rings. The Labute approximate surface area is 151 Å². The summed E-state index contributed by atoms with van der Waals surface area (Å²) in [4.78, 5) is 27.7. The zero-order valence-corrected chi connectivity index (χ0v) is 14.1. The number of hydrogen-bond acceptors (Lipinski definition) is 4. The topological polar surface area (TPSA) is 88.9 Å². The minimum absolute atomic E-state index is 0.0571. The number of nitrogens with zero attached hydrogens (tertiary/aromatic N) is 3. The number of nitrogens with one attached hydrogen (secondary N) is 2. The fraction of sp³-hybridized carbons (Fsp3) is 0.158. The van der Waals surface area contributed by atoms with Crippen LogP contribution in [0.1, 0.15) is 12.0 Å². The molecule has 0 saturated carbocycles. The number of carbonyl (C=O) groups excluding carboxylic acids is 2. The molecule has 1 heterocycles. The van der Waals surface area contributed by atoms with Crippen LogP contribution in [0.25, 0.3) is 5.69 Å². The molecule has 0 aliphatic heterocycles. The van der Waals surface area contributed by atoms with Crippen molar-refractivity contribution in [3.05, 3.63) is 72.8 Å². The molecule has 0 radical (unpaired) electrons. The predicted octanol–water partition coefficient (Wildman–Crippen LogP) is 1.95. The van der Waals surface area contributed by atoms with Crippen LogP contribution < -0.4 is 10.6 Å². The zero-order valence-electron chi connectivity index (χ0n) is 14.1. The largest absolute Gasteiger partial charge is 0.347 e. The van der Waals surface area contributed by atoms with Gasteiger partial charge in [0.25, 0.3) is 0 Å². The molecule has 0 aliphatic rings. The molecule has 1 aromatic heterocycles. The van der Waals surface area contributed by atoms with Crippen molar-refractivity contribution in [2.75, 3.05) is 11.9 Å². The molecule has 7 nitrogen and oxygen atoms in total. The zero-order chi connectivity index (χ0) is 18.2. The fourth-order valence-electron chi connectivity index (χ4n) is 2.41. The van der Waals surface area contributed by atoms with Gasteiger partial charge in [-0.25, -0.2) is 9.67 Å². The maximum atomic E-state index is 12.0. The first-order chi connectivity index (χ1) is 12.7. The van der Waals surface area contributed by atoms with Gasteiger partial charge in [0.15, 0.2) is 0 Å². The van der Waals surface area contributed by atoms with E-state index in [1.165, 1.54) is 6.33 Å². The molecule has 0 atom stereocenters. The third kappa shape index (κ3) is 5.01. The molecule has 26 heavy (non-hydrogen) atoms. The van der Waals surface area contributed by atoms with Crippen LogP contribution in [0.2, 0.25) is 0 Å². The molecule has 3 rings (SSSR count).